The molecule has 4 fully saturated rings. The normalized spacial score (nSPS) is 43.7. The molecule has 2 saturated carbocycles. The summed E-state index contributed by atoms with van der Waals surface area (Å²) in [4.78, 5) is 14.1. The molecule has 146 valence electrons. The number of quaternary nitrogens is 1. The van der Waals surface area contributed by atoms with Crippen LogP contribution >= 0.6 is 0 Å². The van der Waals surface area contributed by atoms with Gasteiger partial charge < -0.3 is 14.4 Å². The third-order valence-electron chi connectivity index (χ3n) is 8.00. The van der Waals surface area contributed by atoms with E-state index in [0.29, 0.717) is 11.8 Å². The fourth-order valence-electron chi connectivity index (χ4n) is 6.58. The molecule has 0 bridgehead atoms. The number of benzene rings is 1. The molecule has 4 nitrogen and oxygen atoms in total. The molecule has 0 amide bonds. The Morgan fingerprint density at radius 2 is 2.00 bits per heavy atom. The second kappa shape index (κ2) is 6.31. The highest BCUT2D eigenvalue weighted by Gasteiger charge is 2.65. The van der Waals surface area contributed by atoms with Crippen LogP contribution in [0.15, 0.2) is 30.3 Å². The maximum atomic E-state index is 12.7. The highest BCUT2D eigenvalue weighted by Crippen LogP contribution is 2.62. The van der Waals surface area contributed by atoms with Crippen molar-refractivity contribution in [2.75, 3.05) is 20.2 Å². The molecule has 1 aromatic rings. The number of epoxide rings is 1. The van der Waals surface area contributed by atoms with Crippen LogP contribution in [0.4, 0.5) is 0 Å². The minimum Gasteiger partial charge on any atom is -0.462 e. The predicted octanol–water partition coefficient (Wildman–Crippen LogP) is 2.23. The number of esters is 1. The minimum absolute atomic E-state index is 0.0426. The third-order valence-corrected chi connectivity index (χ3v) is 8.00. The summed E-state index contributed by atoms with van der Waals surface area (Å²) in [5, 5.41) is 0. The average molecular weight is 371 g/mol. The molecule has 0 aromatic heterocycles. The second-order valence-electron chi connectivity index (χ2n) is 9.92. The summed E-state index contributed by atoms with van der Waals surface area (Å²) >= 11 is 0. The van der Waals surface area contributed by atoms with E-state index in [0.717, 1.165) is 32.5 Å². The van der Waals surface area contributed by atoms with Crippen LogP contribution < -0.4 is 4.90 Å². The summed E-state index contributed by atoms with van der Waals surface area (Å²) in [6.07, 6.45) is 5.99. The lowest BCUT2D eigenvalue weighted by atomic mass is 9.53. The molecule has 2 aliphatic carbocycles. The standard InChI is InChI=1S/C23H31NO3/c1-22-9-6-10-23(15-26-23)20(22)11-17-18(21(25)27-19(17)12-22)14-24(2)13-16-7-4-3-5-8-16/h3-5,7-8,17-20H,6,9-15H2,1-2H3/p+1/t17-,18-,19-,20-,22-,23-/m1/s1. The molecule has 2 heterocycles. The fraction of sp³-hybridized carbons (Fsp3) is 0.696. The molecule has 1 N–H and O–H groups in total. The molecule has 5 rings (SSSR count). The van der Waals surface area contributed by atoms with Crippen molar-refractivity contribution in [2.24, 2.45) is 23.2 Å². The lowest BCUT2D eigenvalue weighted by molar-refractivity contribution is -0.896. The molecule has 4 heteroatoms. The van der Waals surface area contributed by atoms with E-state index < -0.39 is 0 Å². The van der Waals surface area contributed by atoms with Crippen molar-refractivity contribution < 1.29 is 19.2 Å². The van der Waals surface area contributed by atoms with Crippen molar-refractivity contribution >= 4 is 5.97 Å². The zero-order valence-electron chi connectivity index (χ0n) is 16.6. The van der Waals surface area contributed by atoms with Crippen LogP contribution in [0.3, 0.4) is 0 Å². The van der Waals surface area contributed by atoms with Gasteiger partial charge in [0.2, 0.25) is 0 Å². The Kier molecular flexibility index (Phi) is 4.14. The number of fused-ring (bicyclic) bond motifs is 3. The van der Waals surface area contributed by atoms with Gasteiger partial charge in [0.25, 0.3) is 0 Å². The van der Waals surface area contributed by atoms with Gasteiger partial charge in [0, 0.05) is 11.5 Å². The first-order valence-corrected chi connectivity index (χ1v) is 10.7. The van der Waals surface area contributed by atoms with Crippen molar-refractivity contribution in [2.45, 2.75) is 57.3 Å². The molecule has 4 aliphatic rings. The Hall–Kier alpha value is -1.39. The Morgan fingerprint density at radius 3 is 2.74 bits per heavy atom. The number of rotatable bonds is 4. The maximum Gasteiger partial charge on any atom is 0.315 e. The van der Waals surface area contributed by atoms with Gasteiger partial charge in [-0.1, -0.05) is 37.3 Å². The van der Waals surface area contributed by atoms with Gasteiger partial charge in [-0.25, -0.2) is 0 Å². The van der Waals surface area contributed by atoms with Gasteiger partial charge in [0.05, 0.1) is 25.8 Å². The monoisotopic (exact) mass is 370 g/mol. The summed E-state index contributed by atoms with van der Waals surface area (Å²) in [5.74, 6) is 1.07. The minimum atomic E-state index is 0.0426. The number of ether oxygens (including phenoxy) is 2. The second-order valence-corrected chi connectivity index (χ2v) is 9.92. The quantitative estimate of drug-likeness (QED) is 0.653. The van der Waals surface area contributed by atoms with E-state index in [1.54, 1.807) is 0 Å². The topological polar surface area (TPSA) is 43.3 Å². The van der Waals surface area contributed by atoms with E-state index in [-0.39, 0.29) is 29.0 Å². The molecule has 0 radical (unpaired) electrons. The lowest BCUT2D eigenvalue weighted by Crippen LogP contribution is -3.08. The van der Waals surface area contributed by atoms with Crippen molar-refractivity contribution in [1.82, 2.24) is 0 Å². The highest BCUT2D eigenvalue weighted by atomic mass is 16.6. The number of carbonyl (C=O) groups excluding carboxylic acids is 1. The van der Waals surface area contributed by atoms with Gasteiger partial charge in [-0.15, -0.1) is 0 Å². The summed E-state index contributed by atoms with van der Waals surface area (Å²) < 4.78 is 12.0. The van der Waals surface area contributed by atoms with E-state index >= 15 is 0 Å². The zero-order valence-corrected chi connectivity index (χ0v) is 16.6. The molecule has 1 unspecified atom stereocenters. The van der Waals surface area contributed by atoms with E-state index in [9.17, 15) is 4.79 Å². The molecule has 7 atom stereocenters. The van der Waals surface area contributed by atoms with Gasteiger partial charge in [-0.05, 0) is 43.4 Å². The summed E-state index contributed by atoms with van der Waals surface area (Å²) in [7, 11) is 2.20. The Labute approximate surface area is 162 Å². The largest absolute Gasteiger partial charge is 0.462 e. The van der Waals surface area contributed by atoms with E-state index in [1.165, 1.54) is 29.7 Å². The third kappa shape index (κ3) is 3.01. The van der Waals surface area contributed by atoms with Crippen molar-refractivity contribution in [3.05, 3.63) is 35.9 Å². The Morgan fingerprint density at radius 1 is 1.22 bits per heavy atom. The Bertz CT molecular complexity index is 716. The molecule has 2 saturated heterocycles. The molecule has 27 heavy (non-hydrogen) atoms. The SMILES string of the molecule is C[NH+](Cc1ccccc1)C[C@H]1C(=O)O[C@@H]2C[C@@]3(C)CCC[C@@]4(CO4)[C@@H]3C[C@@H]21. The first kappa shape index (κ1) is 17.7. The van der Waals surface area contributed by atoms with Gasteiger partial charge in [-0.3, -0.25) is 4.79 Å². The maximum absolute atomic E-state index is 12.7. The number of hydrogen-bond donors (Lipinski definition) is 1. The average Bonchev–Trinajstić information content (AvgIpc) is 3.34. The van der Waals surface area contributed by atoms with E-state index in [4.69, 9.17) is 9.47 Å². The number of hydrogen-bond acceptors (Lipinski definition) is 3. The number of nitrogens with one attached hydrogen (secondary N) is 1. The van der Waals surface area contributed by atoms with Crippen molar-refractivity contribution in [1.29, 1.82) is 0 Å². The van der Waals surface area contributed by atoms with Crippen LogP contribution in [0.2, 0.25) is 0 Å². The summed E-state index contributed by atoms with van der Waals surface area (Å²) in [6, 6.07) is 10.6. The Balaban J connectivity index is 1.31. The van der Waals surface area contributed by atoms with Gasteiger partial charge in [0.15, 0.2) is 0 Å². The van der Waals surface area contributed by atoms with Crippen LogP contribution in [-0.4, -0.2) is 37.9 Å². The first-order valence-electron chi connectivity index (χ1n) is 10.7. The summed E-state index contributed by atoms with van der Waals surface area (Å²) in [6.45, 7) is 5.18. The van der Waals surface area contributed by atoms with Crippen LogP contribution in [0.5, 0.6) is 0 Å². The van der Waals surface area contributed by atoms with Gasteiger partial charge in [0.1, 0.15) is 18.6 Å². The number of carbonyl (C=O) groups is 1. The van der Waals surface area contributed by atoms with Crippen LogP contribution in [0.25, 0.3) is 0 Å². The van der Waals surface area contributed by atoms with Crippen LogP contribution in [0, 0.1) is 23.2 Å². The first-order chi connectivity index (χ1) is 13.0. The lowest BCUT2D eigenvalue weighted by Gasteiger charge is -2.51. The molecular formula is C23H32NO3+. The highest BCUT2D eigenvalue weighted by molar-refractivity contribution is 5.75. The smallest absolute Gasteiger partial charge is 0.315 e. The van der Waals surface area contributed by atoms with Crippen LogP contribution in [-0.2, 0) is 20.8 Å². The molecular weight excluding hydrogens is 338 g/mol. The summed E-state index contributed by atoms with van der Waals surface area (Å²) in [5.41, 5.74) is 1.75. The van der Waals surface area contributed by atoms with Crippen molar-refractivity contribution in [3.8, 4) is 0 Å². The van der Waals surface area contributed by atoms with Gasteiger partial charge >= 0.3 is 5.97 Å². The zero-order chi connectivity index (χ0) is 18.6. The molecule has 1 aromatic carbocycles. The van der Waals surface area contributed by atoms with E-state index in [1.807, 2.05) is 0 Å². The predicted molar refractivity (Wildman–Crippen MR) is 102 cm³/mol. The van der Waals surface area contributed by atoms with Crippen LogP contribution in [0.1, 0.15) is 44.6 Å². The fourth-order valence-corrected chi connectivity index (χ4v) is 6.58. The molecule has 1 spiro atoms. The van der Waals surface area contributed by atoms with E-state index in [2.05, 4.69) is 44.3 Å². The van der Waals surface area contributed by atoms with Crippen molar-refractivity contribution in [3.63, 3.8) is 0 Å². The molecule has 2 aliphatic heterocycles. The van der Waals surface area contributed by atoms with Gasteiger partial charge in [-0.2, -0.15) is 0 Å².